The third-order valence-electron chi connectivity index (χ3n) is 3.31. The molecule has 0 aromatic heterocycles. The Morgan fingerprint density at radius 1 is 1.50 bits per heavy atom. The van der Waals surface area contributed by atoms with Crippen LogP contribution in [0.1, 0.15) is 26.2 Å². The fourth-order valence-electron chi connectivity index (χ4n) is 2.36. The van der Waals surface area contributed by atoms with Crippen molar-refractivity contribution in [1.82, 2.24) is 5.32 Å². The molecule has 1 fully saturated rings. The maximum absolute atomic E-state index is 13.2. The second-order valence-corrected chi connectivity index (χ2v) is 4.56. The molecule has 1 heterocycles. The van der Waals surface area contributed by atoms with E-state index < -0.39 is 0 Å². The average Bonchev–Trinajstić information content (AvgIpc) is 2.40. The van der Waals surface area contributed by atoms with E-state index in [0.29, 0.717) is 12.2 Å². The van der Waals surface area contributed by atoms with Gasteiger partial charge in [0, 0.05) is 12.2 Å². The predicted molar refractivity (Wildman–Crippen MR) is 70.1 cm³/mol. The van der Waals surface area contributed by atoms with Crippen LogP contribution >= 0.6 is 0 Å². The molecule has 3 nitrogen and oxygen atoms in total. The number of anilines is 1. The molecule has 1 aromatic rings. The number of carbonyl (C=O) groups excluding carboxylic acids is 1. The zero-order valence-corrected chi connectivity index (χ0v) is 10.7. The standard InChI is InChI=1S/C14H19FN2O/c1-2-17(12-7-5-6-11(15)10-12)14(18)13-8-3-4-9-16-13/h5-7,10,13,16H,2-4,8-9H2,1H3/t13-/m0/s1. The number of nitrogens with one attached hydrogen (secondary N) is 1. The molecule has 0 saturated carbocycles. The molecule has 18 heavy (non-hydrogen) atoms. The minimum atomic E-state index is -0.310. The summed E-state index contributed by atoms with van der Waals surface area (Å²) in [6.07, 6.45) is 3.06. The van der Waals surface area contributed by atoms with Gasteiger partial charge in [-0.3, -0.25) is 4.79 Å². The van der Waals surface area contributed by atoms with Crippen molar-refractivity contribution in [3.05, 3.63) is 30.1 Å². The molecule has 98 valence electrons. The first-order valence-electron chi connectivity index (χ1n) is 6.52. The first-order valence-corrected chi connectivity index (χ1v) is 6.52. The predicted octanol–water partition coefficient (Wildman–Crippen LogP) is 2.32. The number of rotatable bonds is 3. The van der Waals surface area contributed by atoms with Gasteiger partial charge in [-0.15, -0.1) is 0 Å². The van der Waals surface area contributed by atoms with E-state index in [1.165, 1.54) is 12.1 Å². The Morgan fingerprint density at radius 2 is 2.33 bits per heavy atom. The van der Waals surface area contributed by atoms with Crippen molar-refractivity contribution in [1.29, 1.82) is 0 Å². The number of carbonyl (C=O) groups is 1. The molecular weight excluding hydrogens is 231 g/mol. The van der Waals surface area contributed by atoms with E-state index in [1.807, 2.05) is 6.92 Å². The topological polar surface area (TPSA) is 32.3 Å². The summed E-state index contributed by atoms with van der Waals surface area (Å²) in [5, 5.41) is 3.23. The van der Waals surface area contributed by atoms with Crippen LogP contribution in [0.3, 0.4) is 0 Å². The van der Waals surface area contributed by atoms with Crippen LogP contribution in [0.4, 0.5) is 10.1 Å². The van der Waals surface area contributed by atoms with Gasteiger partial charge in [0.25, 0.3) is 0 Å². The molecule has 2 rings (SSSR count). The Kier molecular flexibility index (Phi) is 4.31. The lowest BCUT2D eigenvalue weighted by Crippen LogP contribution is -2.48. The first-order chi connectivity index (χ1) is 8.72. The van der Waals surface area contributed by atoms with E-state index in [-0.39, 0.29) is 17.8 Å². The van der Waals surface area contributed by atoms with Crippen LogP contribution in [0.15, 0.2) is 24.3 Å². The summed E-state index contributed by atoms with van der Waals surface area (Å²) >= 11 is 0. The van der Waals surface area contributed by atoms with E-state index in [1.54, 1.807) is 17.0 Å². The molecule has 1 amide bonds. The molecule has 1 aromatic carbocycles. The van der Waals surface area contributed by atoms with E-state index in [2.05, 4.69) is 5.32 Å². The number of piperidine rings is 1. The molecule has 1 N–H and O–H groups in total. The lowest BCUT2D eigenvalue weighted by Gasteiger charge is -2.29. The summed E-state index contributed by atoms with van der Waals surface area (Å²) in [4.78, 5) is 14.0. The van der Waals surface area contributed by atoms with Gasteiger partial charge in [0.15, 0.2) is 0 Å². The zero-order chi connectivity index (χ0) is 13.0. The summed E-state index contributed by atoms with van der Waals surface area (Å²) in [6, 6.07) is 6.08. The van der Waals surface area contributed by atoms with Crippen molar-refractivity contribution in [2.45, 2.75) is 32.2 Å². The summed E-state index contributed by atoms with van der Waals surface area (Å²) in [7, 11) is 0. The zero-order valence-electron chi connectivity index (χ0n) is 10.7. The normalized spacial score (nSPS) is 19.6. The van der Waals surface area contributed by atoms with Gasteiger partial charge in [0.05, 0.1) is 6.04 Å². The van der Waals surface area contributed by atoms with E-state index in [9.17, 15) is 9.18 Å². The van der Waals surface area contributed by atoms with Crippen LogP contribution in [0.2, 0.25) is 0 Å². The van der Waals surface area contributed by atoms with Crippen molar-refractivity contribution < 1.29 is 9.18 Å². The molecule has 0 unspecified atom stereocenters. The summed E-state index contributed by atoms with van der Waals surface area (Å²) in [5.74, 6) is -0.266. The molecule has 1 aliphatic rings. The number of hydrogen-bond donors (Lipinski definition) is 1. The van der Waals surface area contributed by atoms with Crippen molar-refractivity contribution in [2.75, 3.05) is 18.0 Å². The van der Waals surface area contributed by atoms with Gasteiger partial charge >= 0.3 is 0 Å². The molecular formula is C14H19FN2O. The maximum atomic E-state index is 13.2. The van der Waals surface area contributed by atoms with Gasteiger partial charge in [-0.05, 0) is 44.5 Å². The van der Waals surface area contributed by atoms with Gasteiger partial charge in [-0.1, -0.05) is 12.5 Å². The fourth-order valence-corrected chi connectivity index (χ4v) is 2.36. The van der Waals surface area contributed by atoms with E-state index in [4.69, 9.17) is 0 Å². The smallest absolute Gasteiger partial charge is 0.244 e. The fraction of sp³-hybridized carbons (Fsp3) is 0.500. The average molecular weight is 250 g/mol. The van der Waals surface area contributed by atoms with Gasteiger partial charge in [0.2, 0.25) is 5.91 Å². The second kappa shape index (κ2) is 5.96. The third-order valence-corrected chi connectivity index (χ3v) is 3.31. The van der Waals surface area contributed by atoms with Crippen LogP contribution in [0, 0.1) is 5.82 Å². The largest absolute Gasteiger partial charge is 0.311 e. The quantitative estimate of drug-likeness (QED) is 0.893. The highest BCUT2D eigenvalue weighted by Crippen LogP contribution is 2.18. The lowest BCUT2D eigenvalue weighted by atomic mass is 10.0. The van der Waals surface area contributed by atoms with Crippen molar-refractivity contribution in [3.8, 4) is 0 Å². The van der Waals surface area contributed by atoms with Crippen molar-refractivity contribution in [3.63, 3.8) is 0 Å². The minimum absolute atomic E-state index is 0.0443. The van der Waals surface area contributed by atoms with Gasteiger partial charge < -0.3 is 10.2 Å². The highest BCUT2D eigenvalue weighted by Gasteiger charge is 2.25. The van der Waals surface area contributed by atoms with Gasteiger partial charge in [-0.2, -0.15) is 0 Å². The van der Waals surface area contributed by atoms with Crippen LogP contribution < -0.4 is 10.2 Å². The van der Waals surface area contributed by atoms with Crippen molar-refractivity contribution >= 4 is 11.6 Å². The van der Waals surface area contributed by atoms with E-state index in [0.717, 1.165) is 25.8 Å². The molecule has 1 aliphatic heterocycles. The number of benzene rings is 1. The molecule has 0 spiro atoms. The summed E-state index contributed by atoms with van der Waals surface area (Å²) in [6.45, 7) is 3.35. The third kappa shape index (κ3) is 2.88. The van der Waals surface area contributed by atoms with Crippen LogP contribution in [-0.2, 0) is 4.79 Å². The molecule has 4 heteroatoms. The van der Waals surface area contributed by atoms with Gasteiger partial charge in [0.1, 0.15) is 5.82 Å². The molecule has 1 saturated heterocycles. The Labute approximate surface area is 107 Å². The molecule has 1 atom stereocenters. The van der Waals surface area contributed by atoms with Crippen LogP contribution in [0.5, 0.6) is 0 Å². The van der Waals surface area contributed by atoms with Crippen LogP contribution in [-0.4, -0.2) is 25.0 Å². The number of hydrogen-bond acceptors (Lipinski definition) is 2. The monoisotopic (exact) mass is 250 g/mol. The summed E-state index contributed by atoms with van der Waals surface area (Å²) < 4.78 is 13.2. The number of nitrogens with zero attached hydrogens (tertiary/aromatic N) is 1. The lowest BCUT2D eigenvalue weighted by molar-refractivity contribution is -0.121. The van der Waals surface area contributed by atoms with Crippen LogP contribution in [0.25, 0.3) is 0 Å². The van der Waals surface area contributed by atoms with Crippen molar-refractivity contribution in [2.24, 2.45) is 0 Å². The highest BCUT2D eigenvalue weighted by molar-refractivity contribution is 5.97. The maximum Gasteiger partial charge on any atom is 0.244 e. The summed E-state index contributed by atoms with van der Waals surface area (Å²) in [5.41, 5.74) is 0.634. The highest BCUT2D eigenvalue weighted by atomic mass is 19.1. The second-order valence-electron chi connectivity index (χ2n) is 4.56. The Hall–Kier alpha value is -1.42. The Bertz CT molecular complexity index is 416. The molecule has 0 radical (unpaired) electrons. The Morgan fingerprint density at radius 3 is 2.94 bits per heavy atom. The number of halogens is 1. The SMILES string of the molecule is CCN(C(=O)[C@@H]1CCCCN1)c1cccc(F)c1. The first kappa shape index (κ1) is 13.0. The number of likely N-dealkylation sites (N-methyl/N-ethyl adjacent to an activating group) is 1. The minimum Gasteiger partial charge on any atom is -0.311 e. The molecule has 0 aliphatic carbocycles. The number of amides is 1. The van der Waals surface area contributed by atoms with Gasteiger partial charge in [-0.25, -0.2) is 4.39 Å². The molecule has 0 bridgehead atoms. The van der Waals surface area contributed by atoms with E-state index >= 15 is 0 Å². The Balaban J connectivity index is 2.14.